The minimum absolute atomic E-state index is 0.213. The zero-order chi connectivity index (χ0) is 28.2. The molecule has 10 nitrogen and oxygen atoms in total. The van der Waals surface area contributed by atoms with E-state index in [1.165, 1.54) is 7.11 Å². The predicted octanol–water partition coefficient (Wildman–Crippen LogP) is 6.87. The molecule has 0 unspecified atom stereocenters. The summed E-state index contributed by atoms with van der Waals surface area (Å²) in [6.45, 7) is 0.432. The topological polar surface area (TPSA) is 126 Å². The lowest BCUT2D eigenvalue weighted by Crippen LogP contribution is -2.41. The smallest absolute Gasteiger partial charge is 0.411 e. The number of hydrogen-bond acceptors (Lipinski definition) is 6. The Balaban J connectivity index is 1.47. The van der Waals surface area contributed by atoms with Crippen molar-refractivity contribution in [3.05, 3.63) is 76.2 Å². The number of rotatable bonds is 3. The molecule has 0 saturated carbocycles. The summed E-state index contributed by atoms with van der Waals surface area (Å²) in [6.07, 6.45) is 4.06. The Morgan fingerprint density at radius 2 is 2.02 bits per heavy atom. The van der Waals surface area contributed by atoms with Crippen LogP contribution in [-0.4, -0.2) is 46.6 Å². The van der Waals surface area contributed by atoms with Gasteiger partial charge in [-0.1, -0.05) is 47.5 Å². The number of anilines is 2. The molecule has 3 heterocycles. The molecule has 1 fully saturated rings. The number of halogens is 2. The first-order valence-electron chi connectivity index (χ1n) is 12.7. The van der Waals surface area contributed by atoms with Crippen LogP contribution >= 0.6 is 23.2 Å². The lowest BCUT2D eigenvalue weighted by molar-refractivity contribution is -0.116. The van der Waals surface area contributed by atoms with Gasteiger partial charge in [-0.05, 0) is 48.7 Å². The number of allylic oxidation sites excluding steroid dienone is 1. The predicted molar refractivity (Wildman–Crippen MR) is 151 cm³/mol. The van der Waals surface area contributed by atoms with E-state index in [1.807, 2.05) is 24.3 Å². The summed E-state index contributed by atoms with van der Waals surface area (Å²) in [5.41, 5.74) is 2.62. The highest BCUT2D eigenvalue weighted by molar-refractivity contribution is 6.32. The third kappa shape index (κ3) is 6.08. The van der Waals surface area contributed by atoms with Crippen LogP contribution < -0.4 is 10.6 Å². The highest BCUT2D eigenvalue weighted by Gasteiger charge is 2.35. The third-order valence-corrected chi connectivity index (χ3v) is 7.25. The van der Waals surface area contributed by atoms with E-state index in [4.69, 9.17) is 32.9 Å². The van der Waals surface area contributed by atoms with Gasteiger partial charge < -0.3 is 19.8 Å². The normalized spacial score (nSPS) is 20.1. The highest BCUT2D eigenvalue weighted by Crippen LogP contribution is 2.38. The van der Waals surface area contributed by atoms with Crippen LogP contribution in [0.2, 0.25) is 10.2 Å². The number of carbonyl (C=O) groups is 3. The van der Waals surface area contributed by atoms with Crippen molar-refractivity contribution in [3.8, 4) is 11.3 Å². The molecule has 2 aromatic carbocycles. The van der Waals surface area contributed by atoms with Crippen LogP contribution in [-0.2, 0) is 14.3 Å². The van der Waals surface area contributed by atoms with Gasteiger partial charge in [-0.2, -0.15) is 0 Å². The zero-order valence-corrected chi connectivity index (χ0v) is 23.1. The number of amides is 3. The van der Waals surface area contributed by atoms with Crippen molar-refractivity contribution in [2.45, 2.75) is 37.8 Å². The van der Waals surface area contributed by atoms with Crippen LogP contribution in [0.1, 0.15) is 49.2 Å². The Bertz CT molecular complexity index is 1470. The first-order valence-corrected chi connectivity index (χ1v) is 13.5. The van der Waals surface area contributed by atoms with Gasteiger partial charge in [0.2, 0.25) is 5.91 Å². The van der Waals surface area contributed by atoms with E-state index in [2.05, 4.69) is 20.4 Å². The number of ether oxygens (including phenoxy) is 2. The highest BCUT2D eigenvalue weighted by atomic mass is 35.5. The van der Waals surface area contributed by atoms with Gasteiger partial charge in [0.15, 0.2) is 0 Å². The number of H-pyrrole nitrogens is 1. The number of fused-ring (bicyclic) bond motifs is 4. The summed E-state index contributed by atoms with van der Waals surface area (Å²) in [5.74, 6) is 0.270. The van der Waals surface area contributed by atoms with Crippen molar-refractivity contribution in [1.29, 1.82) is 0 Å². The van der Waals surface area contributed by atoms with E-state index in [-0.39, 0.29) is 17.5 Å². The van der Waals surface area contributed by atoms with Crippen LogP contribution in [0.5, 0.6) is 0 Å². The number of carbonyl (C=O) groups excluding carboxylic acids is 3. The number of aromatic nitrogens is 2. The zero-order valence-electron chi connectivity index (χ0n) is 21.6. The molecule has 12 heteroatoms. The molecule has 40 heavy (non-hydrogen) atoms. The second-order valence-corrected chi connectivity index (χ2v) is 10.2. The molecule has 1 saturated heterocycles. The Labute approximate surface area is 240 Å². The van der Waals surface area contributed by atoms with Crippen LogP contribution in [0, 0.1) is 0 Å². The molecule has 0 spiro atoms. The van der Waals surface area contributed by atoms with Crippen molar-refractivity contribution in [2.75, 3.05) is 24.3 Å². The quantitative estimate of drug-likeness (QED) is 0.289. The lowest BCUT2D eigenvalue weighted by atomic mass is 10.0. The van der Waals surface area contributed by atoms with E-state index >= 15 is 0 Å². The van der Waals surface area contributed by atoms with Gasteiger partial charge in [0.05, 0.1) is 18.8 Å². The molecule has 0 aliphatic carbocycles. The molecule has 208 valence electrons. The Morgan fingerprint density at radius 3 is 2.80 bits per heavy atom. The monoisotopic (exact) mass is 583 g/mol. The first kappa shape index (κ1) is 27.5. The van der Waals surface area contributed by atoms with Crippen LogP contribution in [0.15, 0.2) is 54.6 Å². The molecule has 3 amide bonds. The standard InChI is InChI=1S/C28H27Cl2N5O5/c1-39-27(37)31-18-10-11-19-20(15-18)32-23(36)9-4-2-3-8-21(26-33-24(19)25(30)34-26)35-13-12-22(40-28(35)38)16-6-5-7-17(29)14-16/h2-3,5-7,10-11,14-15,21-22H,4,8-9,12-13H2,1H3,(H,31,37)(H,32,36)(H,33,34)/b3-2+/t21-,22+/m0/s1. The van der Waals surface area contributed by atoms with Gasteiger partial charge in [-0.15, -0.1) is 0 Å². The number of cyclic esters (lactones) is 1. The van der Waals surface area contributed by atoms with Gasteiger partial charge in [0.1, 0.15) is 22.8 Å². The van der Waals surface area contributed by atoms with E-state index in [0.29, 0.717) is 59.3 Å². The largest absolute Gasteiger partial charge is 0.453 e. The fourth-order valence-electron chi connectivity index (χ4n) is 4.78. The second kappa shape index (κ2) is 12.0. The summed E-state index contributed by atoms with van der Waals surface area (Å²) in [6, 6.07) is 11.8. The molecule has 2 aliphatic heterocycles. The maximum atomic E-state index is 13.3. The number of aromatic amines is 1. The molecular formula is C28H27Cl2N5O5. The second-order valence-electron chi connectivity index (χ2n) is 9.38. The number of nitrogens with one attached hydrogen (secondary N) is 3. The van der Waals surface area contributed by atoms with Gasteiger partial charge in [-0.3, -0.25) is 15.0 Å². The molecule has 0 radical (unpaired) electrons. The minimum Gasteiger partial charge on any atom is -0.453 e. The van der Waals surface area contributed by atoms with Crippen molar-refractivity contribution in [2.24, 2.45) is 0 Å². The summed E-state index contributed by atoms with van der Waals surface area (Å²) in [5, 5.41) is 6.30. The average Bonchev–Trinajstić information content (AvgIpc) is 3.31. The molecule has 2 bridgehead atoms. The summed E-state index contributed by atoms with van der Waals surface area (Å²) in [7, 11) is 1.26. The van der Waals surface area contributed by atoms with Gasteiger partial charge in [0.25, 0.3) is 0 Å². The summed E-state index contributed by atoms with van der Waals surface area (Å²) >= 11 is 12.8. The lowest BCUT2D eigenvalue weighted by Gasteiger charge is -2.36. The fourth-order valence-corrected chi connectivity index (χ4v) is 5.22. The summed E-state index contributed by atoms with van der Waals surface area (Å²) < 4.78 is 10.5. The molecule has 3 aromatic rings. The van der Waals surface area contributed by atoms with Crippen molar-refractivity contribution < 1.29 is 23.9 Å². The number of nitrogens with zero attached hydrogens (tertiary/aromatic N) is 2. The maximum absolute atomic E-state index is 13.3. The molecule has 2 atom stereocenters. The Kier molecular flexibility index (Phi) is 8.27. The number of methoxy groups -OCH3 is 1. The van der Waals surface area contributed by atoms with E-state index in [1.54, 1.807) is 35.2 Å². The SMILES string of the molecule is COC(=O)Nc1ccc2c(c1)NC(=O)CC/C=C/C[C@H](N1CC[C@H](c3cccc(Cl)c3)OC1=O)c1nc-2c(Cl)[nH]1. The van der Waals surface area contributed by atoms with Gasteiger partial charge in [-0.25, -0.2) is 14.6 Å². The maximum Gasteiger partial charge on any atom is 0.411 e. The number of benzene rings is 2. The van der Waals surface area contributed by atoms with E-state index in [0.717, 1.165) is 5.56 Å². The third-order valence-electron chi connectivity index (χ3n) is 6.74. The molecule has 3 N–H and O–H groups in total. The fraction of sp³-hybridized carbons (Fsp3) is 0.286. The van der Waals surface area contributed by atoms with Crippen molar-refractivity contribution >= 4 is 52.7 Å². The van der Waals surface area contributed by atoms with Crippen LogP contribution in [0.25, 0.3) is 11.3 Å². The van der Waals surface area contributed by atoms with Gasteiger partial charge in [0, 0.05) is 35.7 Å². The van der Waals surface area contributed by atoms with Gasteiger partial charge >= 0.3 is 12.2 Å². The minimum atomic E-state index is -0.644. The van der Waals surface area contributed by atoms with Crippen molar-refractivity contribution in [1.82, 2.24) is 14.9 Å². The molecule has 5 rings (SSSR count). The van der Waals surface area contributed by atoms with Crippen molar-refractivity contribution in [3.63, 3.8) is 0 Å². The molecular weight excluding hydrogens is 557 g/mol. The summed E-state index contributed by atoms with van der Waals surface area (Å²) in [4.78, 5) is 47.2. The van der Waals surface area contributed by atoms with Crippen LogP contribution in [0.3, 0.4) is 0 Å². The Morgan fingerprint density at radius 1 is 1.18 bits per heavy atom. The van der Waals surface area contributed by atoms with E-state index in [9.17, 15) is 14.4 Å². The number of hydrogen-bond donors (Lipinski definition) is 3. The number of imidazole rings is 1. The Hall–Kier alpha value is -4.02. The van der Waals surface area contributed by atoms with E-state index < -0.39 is 24.3 Å². The molecule has 1 aromatic heterocycles. The average molecular weight is 584 g/mol. The van der Waals surface area contributed by atoms with Crippen LogP contribution in [0.4, 0.5) is 21.0 Å². The molecule has 2 aliphatic rings. The first-order chi connectivity index (χ1) is 19.3.